The summed E-state index contributed by atoms with van der Waals surface area (Å²) < 4.78 is 26.5. The Morgan fingerprint density at radius 2 is 2.18 bits per heavy atom. The van der Waals surface area contributed by atoms with Crippen LogP contribution in [-0.4, -0.2) is 31.4 Å². The highest BCUT2D eigenvalue weighted by molar-refractivity contribution is 6.30. The van der Waals surface area contributed by atoms with Crippen LogP contribution in [0.2, 0.25) is 5.02 Å². The molecule has 22 heavy (non-hydrogen) atoms. The predicted octanol–water partition coefficient (Wildman–Crippen LogP) is 3.13. The fourth-order valence-electron chi connectivity index (χ4n) is 2.20. The Morgan fingerprint density at radius 1 is 1.41 bits per heavy atom. The number of hydrogen-bond acceptors (Lipinski definition) is 3. The lowest BCUT2D eigenvalue weighted by Crippen LogP contribution is -2.34. The fourth-order valence-corrected chi connectivity index (χ4v) is 2.31. The van der Waals surface area contributed by atoms with Crippen LogP contribution in [0.3, 0.4) is 0 Å². The molecule has 0 N–H and O–H groups in total. The van der Waals surface area contributed by atoms with Gasteiger partial charge in [-0.1, -0.05) is 11.6 Å². The minimum Gasteiger partial charge on any atom is -0.327 e. The second-order valence-corrected chi connectivity index (χ2v) is 5.49. The van der Waals surface area contributed by atoms with Crippen molar-refractivity contribution in [2.45, 2.75) is 32.0 Å². The van der Waals surface area contributed by atoms with E-state index in [1.165, 1.54) is 29.6 Å². The Morgan fingerprint density at radius 3 is 2.77 bits per heavy atom. The first kappa shape index (κ1) is 14.9. The zero-order valence-corrected chi connectivity index (χ0v) is 12.2. The largest absolute Gasteiger partial charge is 0.327 e. The van der Waals surface area contributed by atoms with Gasteiger partial charge < -0.3 is 4.90 Å². The van der Waals surface area contributed by atoms with Gasteiger partial charge in [0, 0.05) is 24.6 Å². The molecule has 0 aromatic carbocycles. The molecule has 5 nitrogen and oxygen atoms in total. The smallest absolute Gasteiger partial charge is 0.319 e. The van der Waals surface area contributed by atoms with Crippen molar-refractivity contribution in [3.05, 3.63) is 47.3 Å². The molecule has 1 fully saturated rings. The molecule has 3 rings (SSSR count). The first-order valence-corrected chi connectivity index (χ1v) is 7.16. The summed E-state index contributed by atoms with van der Waals surface area (Å²) in [6.45, 7) is -2.65. The summed E-state index contributed by atoms with van der Waals surface area (Å²) in [7, 11) is 0. The van der Waals surface area contributed by atoms with Crippen LogP contribution >= 0.6 is 11.6 Å². The van der Waals surface area contributed by atoms with Crippen molar-refractivity contribution in [3.63, 3.8) is 0 Å². The van der Waals surface area contributed by atoms with E-state index in [2.05, 4.69) is 9.97 Å². The fraction of sp³-hybridized carbons (Fsp3) is 0.357. The molecule has 1 amide bonds. The van der Waals surface area contributed by atoms with E-state index in [9.17, 15) is 13.6 Å². The maximum Gasteiger partial charge on any atom is 0.319 e. The Balaban J connectivity index is 1.82. The molecule has 0 unspecified atom stereocenters. The number of hydrogen-bond donors (Lipinski definition) is 0. The molecule has 2 heterocycles. The Kier molecular flexibility index (Phi) is 4.06. The van der Waals surface area contributed by atoms with Crippen molar-refractivity contribution in [1.29, 1.82) is 0 Å². The summed E-state index contributed by atoms with van der Waals surface area (Å²) in [6, 6.07) is 3.15. The van der Waals surface area contributed by atoms with Gasteiger partial charge in [0.1, 0.15) is 11.5 Å². The van der Waals surface area contributed by atoms with E-state index in [4.69, 9.17) is 11.6 Å². The van der Waals surface area contributed by atoms with Crippen molar-refractivity contribution in [2.75, 3.05) is 0 Å². The number of amides is 1. The number of alkyl halides is 2. The van der Waals surface area contributed by atoms with Gasteiger partial charge in [-0.2, -0.15) is 8.78 Å². The van der Waals surface area contributed by atoms with Crippen molar-refractivity contribution in [1.82, 2.24) is 19.4 Å². The van der Waals surface area contributed by atoms with Gasteiger partial charge in [0.05, 0.1) is 11.6 Å². The third-order valence-electron chi connectivity index (χ3n) is 3.47. The van der Waals surface area contributed by atoms with Crippen LogP contribution in [0.4, 0.5) is 8.78 Å². The van der Waals surface area contributed by atoms with E-state index in [1.54, 1.807) is 6.07 Å². The van der Waals surface area contributed by atoms with Crippen LogP contribution in [0.5, 0.6) is 0 Å². The highest BCUT2D eigenvalue weighted by Crippen LogP contribution is 2.30. The summed E-state index contributed by atoms with van der Waals surface area (Å²) >= 11 is 5.76. The number of aromatic nitrogens is 3. The van der Waals surface area contributed by atoms with E-state index in [1.807, 2.05) is 0 Å². The van der Waals surface area contributed by atoms with E-state index in [0.717, 1.165) is 17.4 Å². The molecule has 2 aromatic rings. The third kappa shape index (κ3) is 3.09. The molecule has 0 atom stereocenters. The summed E-state index contributed by atoms with van der Waals surface area (Å²) in [5, 5.41) is 0.433. The van der Waals surface area contributed by atoms with E-state index in [-0.39, 0.29) is 30.0 Å². The van der Waals surface area contributed by atoms with Gasteiger partial charge in [0.2, 0.25) is 0 Å². The average Bonchev–Trinajstić information content (AvgIpc) is 3.22. The van der Waals surface area contributed by atoms with Crippen molar-refractivity contribution in [3.8, 4) is 0 Å². The van der Waals surface area contributed by atoms with Crippen molar-refractivity contribution >= 4 is 17.5 Å². The monoisotopic (exact) mass is 326 g/mol. The summed E-state index contributed by atoms with van der Waals surface area (Å²) in [4.78, 5) is 22.0. The molecule has 0 saturated heterocycles. The van der Waals surface area contributed by atoms with E-state index < -0.39 is 6.55 Å². The van der Waals surface area contributed by atoms with Crippen molar-refractivity contribution in [2.24, 2.45) is 0 Å². The van der Waals surface area contributed by atoms with Gasteiger partial charge in [0.25, 0.3) is 5.91 Å². The van der Waals surface area contributed by atoms with Crippen LogP contribution < -0.4 is 0 Å². The molecule has 1 aliphatic rings. The van der Waals surface area contributed by atoms with Gasteiger partial charge in [-0.3, -0.25) is 9.36 Å². The van der Waals surface area contributed by atoms with Gasteiger partial charge in [-0.25, -0.2) is 9.97 Å². The second-order valence-electron chi connectivity index (χ2n) is 5.05. The summed E-state index contributed by atoms with van der Waals surface area (Å²) in [6.07, 6.45) is 5.61. The number of carbonyl (C=O) groups is 1. The molecule has 8 heteroatoms. The predicted molar refractivity (Wildman–Crippen MR) is 75.6 cm³/mol. The lowest BCUT2D eigenvalue weighted by atomic mass is 10.3. The Labute approximate surface area is 130 Å². The van der Waals surface area contributed by atoms with Crippen LogP contribution in [0, 0.1) is 0 Å². The molecular formula is C14H13ClF2N4O. The Bertz CT molecular complexity index is 670. The van der Waals surface area contributed by atoms with Gasteiger partial charge >= 0.3 is 6.55 Å². The highest BCUT2D eigenvalue weighted by atomic mass is 35.5. The average molecular weight is 327 g/mol. The summed E-state index contributed by atoms with van der Waals surface area (Å²) in [5.41, 5.74) is 0.242. The van der Waals surface area contributed by atoms with Crippen LogP contribution in [-0.2, 0) is 6.54 Å². The SMILES string of the molecule is O=C(c1ccc(Cl)cn1)N(Cc1nccn1C(F)F)C1CC1. The number of rotatable bonds is 5. The highest BCUT2D eigenvalue weighted by Gasteiger charge is 2.34. The topological polar surface area (TPSA) is 51.0 Å². The van der Waals surface area contributed by atoms with E-state index >= 15 is 0 Å². The third-order valence-corrected chi connectivity index (χ3v) is 3.69. The molecule has 1 saturated carbocycles. The zero-order valence-electron chi connectivity index (χ0n) is 11.5. The minimum absolute atomic E-state index is 0.0329. The standard InChI is InChI=1S/C14H13ClF2N4O/c15-9-1-4-11(19-7-9)13(22)21(10-2-3-10)8-12-18-5-6-20(12)14(16)17/h1,4-7,10,14H,2-3,8H2. The lowest BCUT2D eigenvalue weighted by molar-refractivity contribution is 0.0582. The van der Waals surface area contributed by atoms with Crippen LogP contribution in [0.25, 0.3) is 0 Å². The quantitative estimate of drug-likeness (QED) is 0.848. The number of nitrogens with zero attached hydrogens (tertiary/aromatic N) is 4. The maximum atomic E-state index is 12.9. The molecule has 116 valence electrons. The van der Waals surface area contributed by atoms with Crippen LogP contribution in [0.15, 0.2) is 30.7 Å². The maximum absolute atomic E-state index is 12.9. The first-order valence-electron chi connectivity index (χ1n) is 6.78. The molecule has 1 aliphatic carbocycles. The normalized spacial score (nSPS) is 14.4. The number of carbonyl (C=O) groups excluding carboxylic acids is 1. The molecule has 0 radical (unpaired) electrons. The zero-order chi connectivity index (χ0) is 15.7. The number of imidazole rings is 1. The van der Waals surface area contributed by atoms with Gasteiger partial charge in [-0.05, 0) is 25.0 Å². The van der Waals surface area contributed by atoms with E-state index in [0.29, 0.717) is 5.02 Å². The Hall–Kier alpha value is -2.02. The molecule has 0 aliphatic heterocycles. The lowest BCUT2D eigenvalue weighted by Gasteiger charge is -2.22. The molecule has 0 spiro atoms. The van der Waals surface area contributed by atoms with Gasteiger partial charge in [0.15, 0.2) is 0 Å². The van der Waals surface area contributed by atoms with Crippen LogP contribution in [0.1, 0.15) is 35.7 Å². The summed E-state index contributed by atoms with van der Waals surface area (Å²) in [5.74, 6) is -0.146. The molecular weight excluding hydrogens is 314 g/mol. The number of pyridine rings is 1. The minimum atomic E-state index is -2.68. The first-order chi connectivity index (χ1) is 10.6. The molecule has 2 aromatic heterocycles. The number of halogens is 3. The molecule has 0 bridgehead atoms. The second kappa shape index (κ2) is 6.00. The van der Waals surface area contributed by atoms with Gasteiger partial charge in [-0.15, -0.1) is 0 Å². The van der Waals surface area contributed by atoms with Crippen molar-refractivity contribution < 1.29 is 13.6 Å².